The molecule has 0 radical (unpaired) electrons. The maximum atomic E-state index is 5.94. The van der Waals surface area contributed by atoms with Gasteiger partial charge in [0.15, 0.2) is 0 Å². The van der Waals surface area contributed by atoms with E-state index in [1.54, 1.807) is 0 Å². The molecule has 0 aromatic heterocycles. The number of hydrogen-bond acceptors (Lipinski definition) is 1. The van der Waals surface area contributed by atoms with Crippen molar-refractivity contribution in [3.63, 3.8) is 0 Å². The summed E-state index contributed by atoms with van der Waals surface area (Å²) in [4.78, 5) is 0. The summed E-state index contributed by atoms with van der Waals surface area (Å²) in [6, 6.07) is 14.2. The lowest BCUT2D eigenvalue weighted by atomic mass is 9.99. The second-order valence-corrected chi connectivity index (χ2v) is 6.05. The van der Waals surface area contributed by atoms with Crippen LogP contribution in [-0.4, -0.2) is 0 Å². The van der Waals surface area contributed by atoms with Crippen LogP contribution in [0, 0.1) is 0 Å². The zero-order chi connectivity index (χ0) is 14.5. The lowest BCUT2D eigenvalue weighted by Gasteiger charge is -2.12. The van der Waals surface area contributed by atoms with Crippen LogP contribution >= 0.6 is 27.5 Å². The van der Waals surface area contributed by atoms with Crippen LogP contribution in [0.1, 0.15) is 37.3 Å². The number of benzene rings is 2. The lowest BCUT2D eigenvalue weighted by molar-refractivity contribution is 0.477. The van der Waals surface area contributed by atoms with E-state index in [9.17, 15) is 0 Å². The van der Waals surface area contributed by atoms with Crippen molar-refractivity contribution in [2.24, 2.45) is 0 Å². The molecule has 1 atom stereocenters. The van der Waals surface area contributed by atoms with E-state index in [-0.39, 0.29) is 0 Å². The molecule has 20 heavy (non-hydrogen) atoms. The fourth-order valence-corrected chi connectivity index (χ4v) is 2.52. The zero-order valence-corrected chi connectivity index (χ0v) is 14.0. The van der Waals surface area contributed by atoms with Gasteiger partial charge in [-0.2, -0.15) is 0 Å². The molecular weight excluding hydrogens is 336 g/mol. The molecule has 1 nitrogen and oxygen atoms in total. The van der Waals surface area contributed by atoms with Gasteiger partial charge in [0.25, 0.3) is 0 Å². The first kappa shape index (κ1) is 15.4. The molecule has 1 unspecified atom stereocenters. The first-order valence-corrected chi connectivity index (χ1v) is 8.09. The molecule has 0 heterocycles. The van der Waals surface area contributed by atoms with Crippen molar-refractivity contribution in [3.8, 4) is 11.5 Å². The van der Waals surface area contributed by atoms with E-state index >= 15 is 0 Å². The molecule has 0 aliphatic carbocycles. The number of hydrogen-bond donors (Lipinski definition) is 0. The molecule has 0 saturated carbocycles. The molecule has 0 bridgehead atoms. The monoisotopic (exact) mass is 352 g/mol. The highest BCUT2D eigenvalue weighted by molar-refractivity contribution is 9.10. The molecule has 0 saturated heterocycles. The van der Waals surface area contributed by atoms with Crippen molar-refractivity contribution in [2.75, 3.05) is 0 Å². The Balaban J connectivity index is 2.20. The third-order valence-corrected chi connectivity index (χ3v) is 4.24. The van der Waals surface area contributed by atoms with Crippen molar-refractivity contribution >= 4 is 27.5 Å². The predicted molar refractivity (Wildman–Crippen MR) is 88.9 cm³/mol. The number of alkyl halides is 1. The fraction of sp³-hybridized carbons (Fsp3) is 0.294. The van der Waals surface area contributed by atoms with Gasteiger partial charge >= 0.3 is 0 Å². The second-order valence-electron chi connectivity index (χ2n) is 4.87. The van der Waals surface area contributed by atoms with E-state index in [0.29, 0.717) is 11.8 Å². The molecule has 3 heteroatoms. The smallest absolute Gasteiger partial charge is 0.132 e. The number of halogens is 2. The van der Waals surface area contributed by atoms with E-state index < -0.39 is 0 Å². The van der Waals surface area contributed by atoms with Gasteiger partial charge in [-0.3, -0.25) is 0 Å². The summed E-state index contributed by atoms with van der Waals surface area (Å²) < 4.78 is 6.92. The van der Waals surface area contributed by atoms with E-state index in [2.05, 4.69) is 41.9 Å². The van der Waals surface area contributed by atoms with Crippen LogP contribution < -0.4 is 4.74 Å². The molecule has 0 amide bonds. The average Bonchev–Trinajstić information content (AvgIpc) is 2.47. The normalized spacial score (nSPS) is 12.2. The lowest BCUT2D eigenvalue weighted by Crippen LogP contribution is -1.93. The quantitative estimate of drug-likeness (QED) is 0.558. The fourth-order valence-electron chi connectivity index (χ4n) is 1.96. The van der Waals surface area contributed by atoms with Crippen molar-refractivity contribution < 1.29 is 4.74 Å². The van der Waals surface area contributed by atoms with Crippen LogP contribution in [0.4, 0.5) is 0 Å². The second kappa shape index (κ2) is 7.14. The van der Waals surface area contributed by atoms with Gasteiger partial charge in [-0.15, -0.1) is 11.6 Å². The predicted octanol–water partition coefficient (Wildman–Crippen LogP) is 6.49. The van der Waals surface area contributed by atoms with Crippen molar-refractivity contribution in [1.29, 1.82) is 0 Å². The summed E-state index contributed by atoms with van der Waals surface area (Å²) in [6.07, 6.45) is 1.14. The Kier molecular flexibility index (Phi) is 5.50. The van der Waals surface area contributed by atoms with E-state index in [4.69, 9.17) is 16.3 Å². The van der Waals surface area contributed by atoms with Gasteiger partial charge in [0.05, 0.1) is 5.88 Å². The van der Waals surface area contributed by atoms with E-state index in [1.807, 2.05) is 30.3 Å². The third-order valence-electron chi connectivity index (χ3n) is 3.46. The summed E-state index contributed by atoms with van der Waals surface area (Å²) in [6.45, 7) is 4.43. The summed E-state index contributed by atoms with van der Waals surface area (Å²) in [5, 5.41) is 0. The highest BCUT2D eigenvalue weighted by Crippen LogP contribution is 2.30. The minimum Gasteiger partial charge on any atom is -0.457 e. The van der Waals surface area contributed by atoms with Gasteiger partial charge in [-0.05, 0) is 42.2 Å². The van der Waals surface area contributed by atoms with E-state index in [0.717, 1.165) is 28.0 Å². The van der Waals surface area contributed by atoms with Gasteiger partial charge < -0.3 is 4.74 Å². The van der Waals surface area contributed by atoms with Gasteiger partial charge in [0.2, 0.25) is 0 Å². The summed E-state index contributed by atoms with van der Waals surface area (Å²) in [7, 11) is 0. The Morgan fingerprint density at radius 1 is 1.15 bits per heavy atom. The van der Waals surface area contributed by atoms with Crippen LogP contribution in [0.15, 0.2) is 46.9 Å². The standard InChI is InChI=1S/C17H18BrClO/c1-3-12(2)13-5-8-16(9-6-13)20-17-10-15(18)7-4-14(17)11-19/h4-10,12H,3,11H2,1-2H3. The van der Waals surface area contributed by atoms with Crippen LogP contribution in [0.25, 0.3) is 0 Å². The molecule has 0 aliphatic rings. The molecule has 106 valence electrons. The largest absolute Gasteiger partial charge is 0.457 e. The SMILES string of the molecule is CCC(C)c1ccc(Oc2cc(Br)ccc2CCl)cc1. The summed E-state index contributed by atoms with van der Waals surface area (Å²) >= 11 is 9.40. The van der Waals surface area contributed by atoms with Crippen LogP contribution in [0.2, 0.25) is 0 Å². The molecule has 0 aliphatic heterocycles. The maximum absolute atomic E-state index is 5.94. The Labute approximate surface area is 134 Å². The van der Waals surface area contributed by atoms with Gasteiger partial charge in [-0.1, -0.05) is 48.0 Å². The van der Waals surface area contributed by atoms with Crippen molar-refractivity contribution in [1.82, 2.24) is 0 Å². The number of ether oxygens (including phenoxy) is 1. The van der Waals surface area contributed by atoms with E-state index in [1.165, 1.54) is 5.56 Å². The third kappa shape index (κ3) is 3.77. The van der Waals surface area contributed by atoms with Gasteiger partial charge in [0.1, 0.15) is 11.5 Å². The highest BCUT2D eigenvalue weighted by Gasteiger charge is 2.07. The molecule has 0 fully saturated rings. The van der Waals surface area contributed by atoms with Crippen molar-refractivity contribution in [2.45, 2.75) is 32.1 Å². The molecular formula is C17H18BrClO. The molecule has 0 N–H and O–H groups in total. The minimum absolute atomic E-state index is 0.438. The van der Waals surface area contributed by atoms with Crippen molar-refractivity contribution in [3.05, 3.63) is 58.1 Å². The molecule has 2 rings (SSSR count). The Hall–Kier alpha value is -0.990. The van der Waals surface area contributed by atoms with Crippen LogP contribution in [0.5, 0.6) is 11.5 Å². The summed E-state index contributed by atoms with van der Waals surface area (Å²) in [5.74, 6) is 2.65. The van der Waals surface area contributed by atoms with Crippen LogP contribution in [0.3, 0.4) is 0 Å². The number of rotatable bonds is 5. The highest BCUT2D eigenvalue weighted by atomic mass is 79.9. The van der Waals surface area contributed by atoms with Crippen LogP contribution in [-0.2, 0) is 5.88 Å². The zero-order valence-electron chi connectivity index (χ0n) is 11.7. The Morgan fingerprint density at radius 3 is 2.45 bits per heavy atom. The molecule has 2 aromatic carbocycles. The minimum atomic E-state index is 0.438. The van der Waals surface area contributed by atoms with Gasteiger partial charge in [-0.25, -0.2) is 0 Å². The topological polar surface area (TPSA) is 9.23 Å². The summed E-state index contributed by atoms with van der Waals surface area (Å²) in [5.41, 5.74) is 2.33. The average molecular weight is 354 g/mol. The molecule has 2 aromatic rings. The first-order valence-electron chi connectivity index (χ1n) is 6.76. The Bertz CT molecular complexity index is 566. The maximum Gasteiger partial charge on any atom is 0.132 e. The first-order chi connectivity index (χ1) is 9.63. The Morgan fingerprint density at radius 2 is 1.85 bits per heavy atom. The molecule has 0 spiro atoms. The van der Waals surface area contributed by atoms with Gasteiger partial charge in [0, 0.05) is 10.0 Å².